The quantitative estimate of drug-likeness (QED) is 0.165. The highest BCUT2D eigenvalue weighted by Gasteiger charge is 2.23. The number of thiophene rings is 1. The summed E-state index contributed by atoms with van der Waals surface area (Å²) < 4.78 is 7.77. The van der Waals surface area contributed by atoms with Gasteiger partial charge in [-0.3, -0.25) is 0 Å². The Balaban J connectivity index is 1.00. The molecule has 1 unspecified atom stereocenters. The fourth-order valence-electron chi connectivity index (χ4n) is 9.40. The van der Waals surface area contributed by atoms with E-state index in [9.17, 15) is 0 Å². The van der Waals surface area contributed by atoms with Crippen LogP contribution >= 0.6 is 11.3 Å². The molecule has 1 atom stereocenters. The van der Waals surface area contributed by atoms with Gasteiger partial charge in [0.1, 0.15) is 0 Å². The Kier molecular flexibility index (Phi) is 7.54. The zero-order valence-electron chi connectivity index (χ0n) is 31.7. The maximum atomic E-state index is 2.60. The van der Waals surface area contributed by atoms with Gasteiger partial charge < -0.3 is 14.0 Å². The lowest BCUT2D eigenvalue weighted by molar-refractivity contribution is 0.649. The number of hydrogen-bond acceptors (Lipinski definition) is 2. The van der Waals surface area contributed by atoms with Crippen molar-refractivity contribution in [3.63, 3.8) is 0 Å². The first kappa shape index (κ1) is 33.0. The summed E-state index contributed by atoms with van der Waals surface area (Å²) in [6, 6.07) is 66.7. The topological polar surface area (TPSA) is 13.1 Å². The van der Waals surface area contributed by atoms with Crippen molar-refractivity contribution >= 4 is 92.2 Å². The van der Waals surface area contributed by atoms with E-state index in [1.165, 1.54) is 74.9 Å². The minimum Gasteiger partial charge on any atom is -0.332 e. The number of aromatic nitrogens is 2. The van der Waals surface area contributed by atoms with Gasteiger partial charge in [-0.2, -0.15) is 0 Å². The Hall–Kier alpha value is -7.14. The summed E-state index contributed by atoms with van der Waals surface area (Å²) >= 11 is 1.95. The Morgan fingerprint density at radius 1 is 0.431 bits per heavy atom. The van der Waals surface area contributed by atoms with Crippen LogP contribution in [0.25, 0.3) is 80.6 Å². The third kappa shape index (κ3) is 5.05. The zero-order valence-corrected chi connectivity index (χ0v) is 32.5. The van der Waals surface area contributed by atoms with Gasteiger partial charge >= 0.3 is 0 Å². The largest absolute Gasteiger partial charge is 0.332 e. The lowest BCUT2D eigenvalue weighted by atomic mass is 10.0. The number of fused-ring (bicyclic) bond motifs is 11. The van der Waals surface area contributed by atoms with Gasteiger partial charge in [-0.25, -0.2) is 0 Å². The molecule has 3 heterocycles. The van der Waals surface area contributed by atoms with Gasteiger partial charge in [-0.1, -0.05) is 146 Å². The maximum absolute atomic E-state index is 2.60. The molecular formula is C54H37N3S. The normalized spacial score (nSPS) is 14.2. The SMILES string of the molecule is C1=CCC(n2c3ccccc3c3ccc4c5ccc6c7ccccc7n(-c7ccc(-c8ccc(N(c9ccccc9)c9ccccc9)cc8)cc7)c6c5sc4c32)C=C1. The molecule has 0 saturated heterocycles. The number of benzene rings is 8. The molecule has 0 spiro atoms. The van der Waals surface area contributed by atoms with Crippen molar-refractivity contribution in [2.45, 2.75) is 12.5 Å². The van der Waals surface area contributed by atoms with E-state index in [0.717, 1.165) is 29.2 Å². The molecule has 3 nitrogen and oxygen atoms in total. The monoisotopic (exact) mass is 759 g/mol. The van der Waals surface area contributed by atoms with E-state index < -0.39 is 0 Å². The van der Waals surface area contributed by atoms with Crippen LogP contribution < -0.4 is 4.90 Å². The van der Waals surface area contributed by atoms with E-state index in [-0.39, 0.29) is 6.04 Å². The molecule has 0 aliphatic heterocycles. The first-order chi connectivity index (χ1) is 28.8. The zero-order chi connectivity index (χ0) is 38.2. The van der Waals surface area contributed by atoms with Crippen LogP contribution in [0.5, 0.6) is 0 Å². The molecule has 1 aliphatic carbocycles. The summed E-state index contributed by atoms with van der Waals surface area (Å²) in [6.45, 7) is 0. The van der Waals surface area contributed by atoms with Crippen LogP contribution in [0.15, 0.2) is 206 Å². The van der Waals surface area contributed by atoms with E-state index in [0.29, 0.717) is 0 Å². The Morgan fingerprint density at radius 2 is 0.948 bits per heavy atom. The number of hydrogen-bond donors (Lipinski definition) is 0. The van der Waals surface area contributed by atoms with Gasteiger partial charge in [0.15, 0.2) is 0 Å². The minimum atomic E-state index is 0.274. The molecule has 274 valence electrons. The van der Waals surface area contributed by atoms with Crippen molar-refractivity contribution in [2.75, 3.05) is 4.90 Å². The average Bonchev–Trinajstić information content (AvgIpc) is 3.96. The van der Waals surface area contributed by atoms with Gasteiger partial charge in [0.2, 0.25) is 0 Å². The number of anilines is 3. The van der Waals surface area contributed by atoms with Gasteiger partial charge in [-0.05, 0) is 78.2 Å². The molecule has 0 radical (unpaired) electrons. The molecule has 1 aliphatic rings. The third-order valence-electron chi connectivity index (χ3n) is 12.0. The van der Waals surface area contributed by atoms with Crippen LogP contribution in [-0.4, -0.2) is 9.13 Å². The summed E-state index contributed by atoms with van der Waals surface area (Å²) in [7, 11) is 0. The molecule has 11 aromatic rings. The fourth-order valence-corrected chi connectivity index (χ4v) is 10.8. The van der Waals surface area contributed by atoms with Crippen molar-refractivity contribution in [3.05, 3.63) is 206 Å². The predicted molar refractivity (Wildman–Crippen MR) is 249 cm³/mol. The highest BCUT2D eigenvalue weighted by molar-refractivity contribution is 7.27. The standard InChI is InChI=1S/C54H37N3S/c1-4-14-38(15-5-1)55(39-16-6-2-7-17-39)41-28-24-36(25-29-41)37-26-30-42(31-27-37)57-50-23-13-11-21-44(50)46-33-35-48-47-34-32-45-43-20-10-12-22-49(43)56(40-18-8-3-9-19-40)51(45)53(47)58-54(48)52(46)57/h1-18,20-35,40H,19H2. The molecule has 4 heteroatoms. The highest BCUT2D eigenvalue weighted by Crippen LogP contribution is 2.47. The van der Waals surface area contributed by atoms with Crippen LogP contribution in [0.1, 0.15) is 12.5 Å². The third-order valence-corrected chi connectivity index (χ3v) is 13.2. The van der Waals surface area contributed by atoms with Gasteiger partial charge in [0.05, 0.1) is 32.0 Å². The fraction of sp³-hybridized carbons (Fsp3) is 0.0370. The molecule has 0 amide bonds. The average molecular weight is 760 g/mol. The number of rotatable bonds is 6. The number of allylic oxidation sites excluding steroid dienone is 4. The van der Waals surface area contributed by atoms with Crippen molar-refractivity contribution in [1.29, 1.82) is 0 Å². The van der Waals surface area contributed by atoms with Crippen LogP contribution in [-0.2, 0) is 0 Å². The van der Waals surface area contributed by atoms with Crippen LogP contribution in [0.2, 0.25) is 0 Å². The Labute approximate surface area is 340 Å². The maximum Gasteiger partial charge on any atom is 0.0719 e. The summed E-state index contributed by atoms with van der Waals surface area (Å²) in [5, 5.41) is 7.84. The summed E-state index contributed by atoms with van der Waals surface area (Å²) in [6.07, 6.45) is 10.0. The second-order valence-corrected chi connectivity index (χ2v) is 16.3. The van der Waals surface area contributed by atoms with Gasteiger partial charge in [0.25, 0.3) is 0 Å². The lowest BCUT2D eigenvalue weighted by Crippen LogP contribution is -2.09. The molecule has 12 rings (SSSR count). The van der Waals surface area contributed by atoms with Crippen molar-refractivity contribution < 1.29 is 0 Å². The van der Waals surface area contributed by atoms with Crippen LogP contribution in [0.4, 0.5) is 17.1 Å². The molecule has 0 fully saturated rings. The Morgan fingerprint density at radius 3 is 1.59 bits per heavy atom. The van der Waals surface area contributed by atoms with E-state index in [4.69, 9.17) is 0 Å². The molecule has 3 aromatic heterocycles. The molecule has 0 saturated carbocycles. The first-order valence-corrected chi connectivity index (χ1v) is 20.9. The lowest BCUT2D eigenvalue weighted by Gasteiger charge is -2.25. The van der Waals surface area contributed by atoms with Crippen LogP contribution in [0.3, 0.4) is 0 Å². The molecular weight excluding hydrogens is 723 g/mol. The highest BCUT2D eigenvalue weighted by atomic mass is 32.1. The predicted octanol–water partition coefficient (Wildman–Crippen LogP) is 15.5. The van der Waals surface area contributed by atoms with Crippen LogP contribution in [0, 0.1) is 0 Å². The second-order valence-electron chi connectivity index (χ2n) is 15.2. The smallest absolute Gasteiger partial charge is 0.0719 e. The summed E-state index contributed by atoms with van der Waals surface area (Å²) in [5.74, 6) is 0. The van der Waals surface area contributed by atoms with Gasteiger partial charge in [0, 0.05) is 60.6 Å². The van der Waals surface area contributed by atoms with Crippen molar-refractivity contribution in [1.82, 2.24) is 9.13 Å². The minimum absolute atomic E-state index is 0.274. The van der Waals surface area contributed by atoms with Crippen molar-refractivity contribution in [3.8, 4) is 16.8 Å². The van der Waals surface area contributed by atoms with E-state index in [1.807, 2.05) is 11.3 Å². The summed E-state index contributed by atoms with van der Waals surface area (Å²) in [5.41, 5.74) is 12.1. The molecule has 0 bridgehead atoms. The molecule has 0 N–H and O–H groups in total. The number of nitrogens with zero attached hydrogens (tertiary/aromatic N) is 3. The molecule has 8 aromatic carbocycles. The second kappa shape index (κ2) is 13.2. The summed E-state index contributed by atoms with van der Waals surface area (Å²) in [4.78, 5) is 2.30. The van der Waals surface area contributed by atoms with E-state index >= 15 is 0 Å². The Bertz CT molecular complexity index is 3360. The molecule has 58 heavy (non-hydrogen) atoms. The van der Waals surface area contributed by atoms with E-state index in [1.54, 1.807) is 0 Å². The number of para-hydroxylation sites is 4. The van der Waals surface area contributed by atoms with E-state index in [2.05, 4.69) is 220 Å². The first-order valence-electron chi connectivity index (χ1n) is 20.0. The van der Waals surface area contributed by atoms with Crippen molar-refractivity contribution in [2.24, 2.45) is 0 Å². The van der Waals surface area contributed by atoms with Gasteiger partial charge in [-0.15, -0.1) is 11.3 Å².